The normalized spacial score (nSPS) is 10.1. The van der Waals surface area contributed by atoms with Crippen LogP contribution in [0.25, 0.3) is 6.08 Å². The highest BCUT2D eigenvalue weighted by molar-refractivity contribution is 5.91. The molecule has 17 heavy (non-hydrogen) atoms. The molecule has 0 fully saturated rings. The van der Waals surface area contributed by atoms with Crippen molar-refractivity contribution < 1.29 is 9.72 Å². The summed E-state index contributed by atoms with van der Waals surface area (Å²) in [5.41, 5.74) is 0.603. The molecule has 5 nitrogen and oxygen atoms in total. The third-order valence-electron chi connectivity index (χ3n) is 1.93. The van der Waals surface area contributed by atoms with Gasteiger partial charge in [-0.2, -0.15) is 0 Å². The zero-order valence-corrected chi connectivity index (χ0v) is 9.13. The second kappa shape index (κ2) is 6.22. The minimum absolute atomic E-state index is 0.00125. The number of nitrogens with zero attached hydrogens (tertiary/aromatic N) is 1. The van der Waals surface area contributed by atoms with E-state index < -0.39 is 4.92 Å². The van der Waals surface area contributed by atoms with Gasteiger partial charge < -0.3 is 5.32 Å². The number of carbonyl (C=O) groups excluding carboxylic acids is 1. The molecule has 0 radical (unpaired) electrons. The highest BCUT2D eigenvalue weighted by atomic mass is 16.6. The number of hydrogen-bond donors (Lipinski definition) is 1. The smallest absolute Gasteiger partial charge is 0.270 e. The first kappa shape index (κ1) is 12.6. The zero-order chi connectivity index (χ0) is 12.7. The second-order valence-corrected chi connectivity index (χ2v) is 3.22. The van der Waals surface area contributed by atoms with Crippen LogP contribution in [0.3, 0.4) is 0 Å². The molecule has 1 N–H and O–H groups in total. The molecule has 0 aliphatic rings. The predicted octanol–water partition coefficient (Wildman–Crippen LogP) is 1.91. The third kappa shape index (κ3) is 4.29. The number of amides is 1. The number of hydrogen-bond acceptors (Lipinski definition) is 3. The molecular formula is C12H12N2O3. The maximum Gasteiger partial charge on any atom is 0.270 e. The summed E-state index contributed by atoms with van der Waals surface area (Å²) in [6, 6.07) is 6.05. The number of nitro benzene ring substituents is 1. The SMILES string of the molecule is C=CCNC(=O)/C=C/c1cccc([N+](=O)[O-])c1. The van der Waals surface area contributed by atoms with E-state index in [0.29, 0.717) is 12.1 Å². The molecule has 0 bridgehead atoms. The summed E-state index contributed by atoms with van der Waals surface area (Å²) in [5, 5.41) is 13.1. The maximum atomic E-state index is 11.2. The van der Waals surface area contributed by atoms with Gasteiger partial charge in [-0.3, -0.25) is 14.9 Å². The summed E-state index contributed by atoms with van der Waals surface area (Å²) in [7, 11) is 0. The Morgan fingerprint density at radius 2 is 2.29 bits per heavy atom. The van der Waals surface area contributed by atoms with Crippen molar-refractivity contribution >= 4 is 17.7 Å². The van der Waals surface area contributed by atoms with Gasteiger partial charge >= 0.3 is 0 Å². The van der Waals surface area contributed by atoms with Gasteiger partial charge in [0.05, 0.1) is 4.92 Å². The van der Waals surface area contributed by atoms with Crippen LogP contribution < -0.4 is 5.32 Å². The molecule has 0 saturated carbocycles. The zero-order valence-electron chi connectivity index (χ0n) is 9.13. The quantitative estimate of drug-likeness (QED) is 0.365. The number of nitro groups is 1. The molecule has 0 unspecified atom stereocenters. The third-order valence-corrected chi connectivity index (χ3v) is 1.93. The van der Waals surface area contributed by atoms with Crippen molar-refractivity contribution in [2.75, 3.05) is 6.54 Å². The number of non-ortho nitro benzene ring substituents is 1. The molecule has 88 valence electrons. The Morgan fingerprint density at radius 1 is 1.53 bits per heavy atom. The van der Waals surface area contributed by atoms with Gasteiger partial charge in [0, 0.05) is 24.8 Å². The van der Waals surface area contributed by atoms with Crippen LogP contribution in [0.5, 0.6) is 0 Å². The van der Waals surface area contributed by atoms with E-state index in [2.05, 4.69) is 11.9 Å². The van der Waals surface area contributed by atoms with Crippen molar-refractivity contribution in [2.45, 2.75) is 0 Å². The Balaban J connectivity index is 2.71. The van der Waals surface area contributed by atoms with Gasteiger partial charge in [-0.05, 0) is 11.6 Å². The summed E-state index contributed by atoms with van der Waals surface area (Å²) >= 11 is 0. The first-order valence-electron chi connectivity index (χ1n) is 4.94. The molecule has 0 atom stereocenters. The van der Waals surface area contributed by atoms with Crippen molar-refractivity contribution in [2.24, 2.45) is 0 Å². The average Bonchev–Trinajstić information content (AvgIpc) is 2.34. The standard InChI is InChI=1S/C12H12N2O3/c1-2-8-13-12(15)7-6-10-4-3-5-11(9-10)14(16)17/h2-7,9H,1,8H2,(H,13,15)/b7-6+. The van der Waals surface area contributed by atoms with E-state index >= 15 is 0 Å². The van der Waals surface area contributed by atoms with Gasteiger partial charge in [-0.1, -0.05) is 18.2 Å². The Bertz CT molecular complexity index is 467. The predicted molar refractivity (Wildman–Crippen MR) is 65.3 cm³/mol. The molecular weight excluding hydrogens is 220 g/mol. The molecule has 0 aromatic heterocycles. The lowest BCUT2D eigenvalue weighted by atomic mass is 10.2. The lowest BCUT2D eigenvalue weighted by Gasteiger charge is -1.96. The summed E-state index contributed by atoms with van der Waals surface area (Å²) < 4.78 is 0. The molecule has 0 saturated heterocycles. The van der Waals surface area contributed by atoms with E-state index in [-0.39, 0.29) is 11.6 Å². The van der Waals surface area contributed by atoms with Crippen molar-refractivity contribution in [1.29, 1.82) is 0 Å². The molecule has 0 spiro atoms. The van der Waals surface area contributed by atoms with E-state index in [1.54, 1.807) is 18.2 Å². The van der Waals surface area contributed by atoms with E-state index in [4.69, 9.17) is 0 Å². The summed E-state index contributed by atoms with van der Waals surface area (Å²) in [6.07, 6.45) is 4.41. The van der Waals surface area contributed by atoms with Crippen LogP contribution in [0.4, 0.5) is 5.69 Å². The highest BCUT2D eigenvalue weighted by Crippen LogP contribution is 2.13. The van der Waals surface area contributed by atoms with Crippen LogP contribution >= 0.6 is 0 Å². The number of nitrogens with one attached hydrogen (secondary N) is 1. The number of rotatable bonds is 5. The van der Waals surface area contributed by atoms with Crippen LogP contribution in [-0.2, 0) is 4.79 Å². The van der Waals surface area contributed by atoms with E-state index in [9.17, 15) is 14.9 Å². The number of benzene rings is 1. The molecule has 0 aliphatic heterocycles. The van der Waals surface area contributed by atoms with Crippen LogP contribution in [0.15, 0.2) is 43.0 Å². The molecule has 1 rings (SSSR count). The van der Waals surface area contributed by atoms with Crippen LogP contribution in [-0.4, -0.2) is 17.4 Å². The average molecular weight is 232 g/mol. The fourth-order valence-electron chi connectivity index (χ4n) is 1.15. The van der Waals surface area contributed by atoms with Crippen LogP contribution in [0, 0.1) is 10.1 Å². The van der Waals surface area contributed by atoms with Crippen molar-refractivity contribution in [1.82, 2.24) is 5.32 Å². The Labute approximate surface area is 98.6 Å². The van der Waals surface area contributed by atoms with E-state index in [1.165, 1.54) is 24.3 Å². The first-order chi connectivity index (χ1) is 8.13. The lowest BCUT2D eigenvalue weighted by molar-refractivity contribution is -0.384. The summed E-state index contributed by atoms with van der Waals surface area (Å²) in [6.45, 7) is 3.86. The minimum atomic E-state index is -0.477. The van der Waals surface area contributed by atoms with Crippen LogP contribution in [0.1, 0.15) is 5.56 Å². The second-order valence-electron chi connectivity index (χ2n) is 3.22. The molecule has 1 aromatic carbocycles. The van der Waals surface area contributed by atoms with E-state index in [1.807, 2.05) is 0 Å². The lowest BCUT2D eigenvalue weighted by Crippen LogP contribution is -2.20. The van der Waals surface area contributed by atoms with Gasteiger partial charge in [0.1, 0.15) is 0 Å². The van der Waals surface area contributed by atoms with Gasteiger partial charge in [-0.25, -0.2) is 0 Å². The van der Waals surface area contributed by atoms with Crippen molar-refractivity contribution in [3.8, 4) is 0 Å². The Morgan fingerprint density at radius 3 is 2.94 bits per heavy atom. The molecule has 5 heteroatoms. The number of carbonyl (C=O) groups is 1. The first-order valence-corrected chi connectivity index (χ1v) is 4.94. The van der Waals surface area contributed by atoms with Gasteiger partial charge in [0.2, 0.25) is 5.91 Å². The topological polar surface area (TPSA) is 72.2 Å². The van der Waals surface area contributed by atoms with E-state index in [0.717, 1.165) is 0 Å². The molecule has 1 amide bonds. The molecule has 0 aliphatic carbocycles. The fourth-order valence-corrected chi connectivity index (χ4v) is 1.15. The monoisotopic (exact) mass is 232 g/mol. The van der Waals surface area contributed by atoms with Gasteiger partial charge in [-0.15, -0.1) is 6.58 Å². The fraction of sp³-hybridized carbons (Fsp3) is 0.0833. The largest absolute Gasteiger partial charge is 0.349 e. The Kier molecular flexibility index (Phi) is 4.62. The van der Waals surface area contributed by atoms with Crippen molar-refractivity contribution in [3.63, 3.8) is 0 Å². The maximum absolute atomic E-state index is 11.2. The Hall–Kier alpha value is -2.43. The summed E-state index contributed by atoms with van der Waals surface area (Å²) in [5.74, 6) is -0.267. The van der Waals surface area contributed by atoms with Gasteiger partial charge in [0.25, 0.3) is 5.69 Å². The van der Waals surface area contributed by atoms with Gasteiger partial charge in [0.15, 0.2) is 0 Å². The highest BCUT2D eigenvalue weighted by Gasteiger charge is 2.03. The van der Waals surface area contributed by atoms with Crippen LogP contribution in [0.2, 0.25) is 0 Å². The molecule has 0 heterocycles. The summed E-state index contributed by atoms with van der Waals surface area (Å²) in [4.78, 5) is 21.3. The minimum Gasteiger partial charge on any atom is -0.349 e. The van der Waals surface area contributed by atoms with Crippen molar-refractivity contribution in [3.05, 3.63) is 58.7 Å². The molecule has 1 aromatic rings.